The van der Waals surface area contributed by atoms with Gasteiger partial charge in [0.25, 0.3) is 0 Å². The minimum Gasteiger partial charge on any atom is -0.480 e. The maximum atomic E-state index is 15.1. The molecule has 4 atom stereocenters. The summed E-state index contributed by atoms with van der Waals surface area (Å²) in [5, 5.41) is 15.4. The molecule has 0 unspecified atom stereocenters. The van der Waals surface area contributed by atoms with Gasteiger partial charge in [-0.25, -0.2) is 18.0 Å². The summed E-state index contributed by atoms with van der Waals surface area (Å²) in [4.78, 5) is 40.4. The Morgan fingerprint density at radius 2 is 1.65 bits per heavy atom. The molecule has 1 fully saturated rings. The van der Waals surface area contributed by atoms with Crippen molar-refractivity contribution >= 4 is 29.5 Å². The van der Waals surface area contributed by atoms with Gasteiger partial charge in [0.15, 0.2) is 0 Å². The predicted molar refractivity (Wildman–Crippen MR) is 229 cm³/mol. The van der Waals surface area contributed by atoms with E-state index in [1.807, 2.05) is 97.2 Å². The monoisotopic (exact) mass is 819 g/mol. The molecule has 2 aromatic carbocycles. The van der Waals surface area contributed by atoms with Crippen LogP contribution in [0.1, 0.15) is 105 Å². The van der Waals surface area contributed by atoms with Gasteiger partial charge in [0.1, 0.15) is 23.8 Å². The predicted octanol–water partition coefficient (Wildman–Crippen LogP) is 8.86. The molecule has 0 spiro atoms. The quantitative estimate of drug-likeness (QED) is 0.0945. The summed E-state index contributed by atoms with van der Waals surface area (Å²) in [6.07, 6.45) is 2.88. The van der Waals surface area contributed by atoms with E-state index in [9.17, 15) is 23.9 Å². The van der Waals surface area contributed by atoms with Crippen LogP contribution in [-0.4, -0.2) is 82.3 Å². The molecule has 320 valence electrons. The Hall–Kier alpha value is -3.81. The Morgan fingerprint density at radius 3 is 2.23 bits per heavy atom. The number of carboxylic acids is 1. The highest BCUT2D eigenvalue weighted by atomic mass is 32.2. The number of nitrogens with one attached hydrogen (secondary N) is 2. The molecule has 9 nitrogen and oxygen atoms in total. The molecule has 1 saturated heterocycles. The molecule has 1 aliphatic rings. The first-order valence-electron chi connectivity index (χ1n) is 20.4. The first-order valence-corrected chi connectivity index (χ1v) is 21.6. The number of hydrogen-bond acceptors (Lipinski definition) is 6. The van der Waals surface area contributed by atoms with Gasteiger partial charge in [0.05, 0.1) is 11.8 Å². The Bertz CT molecular complexity index is 1620. The minimum absolute atomic E-state index is 0.0479. The van der Waals surface area contributed by atoms with E-state index in [1.165, 1.54) is 0 Å². The number of nitrogens with two attached hydrogens (primary N) is 1. The summed E-state index contributed by atoms with van der Waals surface area (Å²) >= 11 is 1.08. The molecule has 0 aliphatic carbocycles. The molecule has 2 amide bonds. The SMILES string of the molecule is CC.CC.CC.CC(C)(C)[C@H](c1cc(-c2cc(F)ccc2F)cn1Cc1ccccc1)N(C[C@@H]1CNC[C@@H]1F)C(=O)CSC[C@H](NC(=O)CCCCCN)C(=O)O. The summed E-state index contributed by atoms with van der Waals surface area (Å²) in [5.74, 6) is -3.76. The number of carboxylic acid groups (broad SMARTS) is 1. The van der Waals surface area contributed by atoms with Crippen LogP contribution >= 0.6 is 11.8 Å². The Labute approximate surface area is 343 Å². The van der Waals surface area contributed by atoms with Gasteiger partial charge in [-0.3, -0.25) is 9.59 Å². The molecule has 4 rings (SSSR count). The third-order valence-corrected chi connectivity index (χ3v) is 10.1. The lowest BCUT2D eigenvalue weighted by atomic mass is 9.82. The smallest absolute Gasteiger partial charge is 0.327 e. The van der Waals surface area contributed by atoms with Crippen molar-refractivity contribution in [1.82, 2.24) is 20.1 Å². The van der Waals surface area contributed by atoms with Gasteiger partial charge in [-0.1, -0.05) is 99.1 Å². The largest absolute Gasteiger partial charge is 0.480 e. The van der Waals surface area contributed by atoms with Crippen molar-refractivity contribution in [3.63, 3.8) is 0 Å². The van der Waals surface area contributed by atoms with Gasteiger partial charge >= 0.3 is 5.97 Å². The van der Waals surface area contributed by atoms with Gasteiger partial charge in [-0.15, -0.1) is 11.8 Å². The first-order chi connectivity index (χ1) is 27.3. The summed E-state index contributed by atoms with van der Waals surface area (Å²) in [7, 11) is 0. The Morgan fingerprint density at radius 1 is 0.982 bits per heavy atom. The van der Waals surface area contributed by atoms with Gasteiger partial charge in [-0.2, -0.15) is 0 Å². The van der Waals surface area contributed by atoms with E-state index in [0.29, 0.717) is 37.3 Å². The van der Waals surface area contributed by atoms with Crippen molar-refractivity contribution < 1.29 is 32.7 Å². The van der Waals surface area contributed by atoms with Crippen LogP contribution in [0.4, 0.5) is 13.2 Å². The molecular weight excluding hydrogens is 752 g/mol. The summed E-state index contributed by atoms with van der Waals surface area (Å²) < 4.78 is 46.6. The molecule has 0 saturated carbocycles. The number of alkyl halides is 1. The minimum atomic E-state index is -1.21. The van der Waals surface area contributed by atoms with Crippen LogP contribution in [0.25, 0.3) is 11.1 Å². The van der Waals surface area contributed by atoms with E-state index in [2.05, 4.69) is 10.6 Å². The molecule has 5 N–H and O–H groups in total. The highest BCUT2D eigenvalue weighted by Crippen LogP contribution is 2.42. The van der Waals surface area contributed by atoms with Crippen molar-refractivity contribution in [3.8, 4) is 11.1 Å². The number of carbonyl (C=O) groups excluding carboxylic acids is 2. The maximum Gasteiger partial charge on any atom is 0.327 e. The van der Waals surface area contributed by atoms with E-state index in [-0.39, 0.29) is 48.4 Å². The average Bonchev–Trinajstić information content (AvgIpc) is 3.80. The molecule has 0 bridgehead atoms. The fraction of sp³-hybridized carbons (Fsp3) is 0.568. The normalized spacial score (nSPS) is 15.7. The molecule has 2 heterocycles. The van der Waals surface area contributed by atoms with Crippen LogP contribution < -0.4 is 16.4 Å². The Kier molecular flexibility index (Phi) is 24.2. The second-order valence-electron chi connectivity index (χ2n) is 14.2. The van der Waals surface area contributed by atoms with Crippen LogP contribution in [0, 0.1) is 23.0 Å². The number of thioether (sulfide) groups is 1. The lowest BCUT2D eigenvalue weighted by Crippen LogP contribution is -2.47. The van der Waals surface area contributed by atoms with Crippen molar-refractivity contribution in [2.75, 3.05) is 37.7 Å². The average molecular weight is 820 g/mol. The number of halogens is 3. The second-order valence-corrected chi connectivity index (χ2v) is 15.2. The second kappa shape index (κ2) is 27.0. The highest BCUT2D eigenvalue weighted by molar-refractivity contribution is 8.00. The number of hydrogen-bond donors (Lipinski definition) is 4. The third-order valence-electron chi connectivity index (χ3n) is 9.04. The van der Waals surface area contributed by atoms with E-state index in [0.717, 1.165) is 48.4 Å². The lowest BCUT2D eigenvalue weighted by Gasteiger charge is -2.42. The molecule has 0 radical (unpaired) electrons. The van der Waals surface area contributed by atoms with Gasteiger partial charge in [0, 0.05) is 67.3 Å². The van der Waals surface area contributed by atoms with Crippen LogP contribution in [-0.2, 0) is 20.9 Å². The number of nitrogens with zero attached hydrogens (tertiary/aromatic N) is 2. The van der Waals surface area contributed by atoms with Crippen LogP contribution in [0.15, 0.2) is 60.8 Å². The van der Waals surface area contributed by atoms with Gasteiger partial charge in [0.2, 0.25) is 11.8 Å². The van der Waals surface area contributed by atoms with E-state index < -0.39 is 47.2 Å². The maximum absolute atomic E-state index is 15.1. The van der Waals surface area contributed by atoms with E-state index in [4.69, 9.17) is 5.73 Å². The topological polar surface area (TPSA) is 130 Å². The molecule has 13 heteroatoms. The summed E-state index contributed by atoms with van der Waals surface area (Å²) in [6, 6.07) is 12.8. The molecule has 1 aliphatic heterocycles. The molecular formula is C44H68F3N5O4S. The summed E-state index contributed by atoms with van der Waals surface area (Å²) in [6.45, 7) is 19.4. The van der Waals surface area contributed by atoms with Crippen LogP contribution in [0.2, 0.25) is 0 Å². The fourth-order valence-electron chi connectivity index (χ4n) is 6.49. The number of rotatable bonds is 18. The van der Waals surface area contributed by atoms with E-state index >= 15 is 8.78 Å². The van der Waals surface area contributed by atoms with Crippen molar-refractivity contribution in [1.29, 1.82) is 0 Å². The fourth-order valence-corrected chi connectivity index (χ4v) is 7.41. The van der Waals surface area contributed by atoms with Crippen molar-refractivity contribution in [3.05, 3.63) is 83.7 Å². The van der Waals surface area contributed by atoms with Gasteiger partial charge < -0.3 is 30.9 Å². The van der Waals surface area contributed by atoms with E-state index in [1.54, 1.807) is 17.2 Å². The van der Waals surface area contributed by atoms with Crippen molar-refractivity contribution in [2.45, 2.75) is 113 Å². The zero-order valence-electron chi connectivity index (χ0n) is 35.5. The van der Waals surface area contributed by atoms with Gasteiger partial charge in [-0.05, 0) is 54.6 Å². The molecule has 1 aromatic heterocycles. The zero-order chi connectivity index (χ0) is 43.1. The third kappa shape index (κ3) is 16.5. The van der Waals surface area contributed by atoms with Crippen LogP contribution in [0.5, 0.6) is 0 Å². The summed E-state index contributed by atoms with van der Waals surface area (Å²) in [5.41, 5.74) is 7.01. The number of aromatic nitrogens is 1. The number of unbranched alkanes of at least 4 members (excludes halogenated alkanes) is 2. The lowest BCUT2D eigenvalue weighted by molar-refractivity contribution is -0.141. The number of aliphatic carboxylic acids is 1. The number of carbonyl (C=O) groups is 3. The number of benzene rings is 2. The standard InChI is InChI=1S/C38H50F3N5O4S.3C2H6/c1-38(2,3)36(33-16-26(29-17-28(39)13-14-30(29)40)21-45(33)20-25-10-6-4-7-11-25)46(22-27-18-43-19-31(27)41)35(48)24-51-23-32(37(49)50)44-34(47)12-8-5-9-15-42;3*1-2/h4,6-7,10-11,13-14,16-17,21,27,31-32,36,43H,5,8-9,12,15,18-20,22-24,42H2,1-3H3,(H,44,47)(H,49,50);3*1-2H3/t27-,31-,32-,36-;;;/m0.../s1. The first kappa shape index (κ1) is 51.2. The number of amides is 2. The zero-order valence-corrected chi connectivity index (χ0v) is 36.4. The molecule has 3 aromatic rings. The Balaban J connectivity index is 0.00000258. The van der Waals surface area contributed by atoms with Crippen LogP contribution in [0.3, 0.4) is 0 Å². The van der Waals surface area contributed by atoms with Crippen molar-refractivity contribution in [2.24, 2.45) is 17.1 Å². The molecule has 57 heavy (non-hydrogen) atoms. The highest BCUT2D eigenvalue weighted by Gasteiger charge is 2.40.